The summed E-state index contributed by atoms with van der Waals surface area (Å²) in [5, 5.41) is 3.46. The van der Waals surface area contributed by atoms with Crippen LogP contribution < -0.4 is 14.8 Å². The van der Waals surface area contributed by atoms with Crippen LogP contribution in [0, 0.1) is 0 Å². The van der Waals surface area contributed by atoms with Crippen LogP contribution in [0.3, 0.4) is 0 Å². The van der Waals surface area contributed by atoms with Gasteiger partial charge < -0.3 is 19.7 Å². The molecule has 1 aromatic rings. The molecule has 134 valence electrons. The number of hydrogen-bond donors (Lipinski definition) is 1. The maximum absolute atomic E-state index is 12.3. The summed E-state index contributed by atoms with van der Waals surface area (Å²) in [5.41, 5.74) is 0. The van der Waals surface area contributed by atoms with Crippen LogP contribution >= 0.6 is 0 Å². The summed E-state index contributed by atoms with van der Waals surface area (Å²) in [4.78, 5) is 1.89. The highest BCUT2D eigenvalue weighted by atomic mass is 19.4. The number of likely N-dealkylation sites (tertiary alicyclic amines) is 1. The first-order chi connectivity index (χ1) is 11.5. The number of para-hydroxylation sites is 2. The molecule has 0 aromatic heterocycles. The minimum Gasteiger partial charge on any atom is -0.486 e. The Bertz CT molecular complexity index is 531. The molecule has 0 radical (unpaired) electrons. The predicted octanol–water partition coefficient (Wildman–Crippen LogP) is 2.83. The van der Waals surface area contributed by atoms with E-state index in [2.05, 4.69) is 5.32 Å². The largest absolute Gasteiger partial charge is 0.486 e. The average Bonchev–Trinajstić information content (AvgIpc) is 2.58. The molecule has 1 aromatic carbocycles. The molecule has 2 aliphatic heterocycles. The molecule has 1 atom stereocenters. The fourth-order valence-electron chi connectivity index (χ4n) is 3.11. The Morgan fingerprint density at radius 2 is 1.83 bits per heavy atom. The molecule has 0 amide bonds. The van der Waals surface area contributed by atoms with Gasteiger partial charge in [0.2, 0.25) is 0 Å². The number of piperidine rings is 1. The Morgan fingerprint density at radius 1 is 1.12 bits per heavy atom. The lowest BCUT2D eigenvalue weighted by molar-refractivity contribution is -0.138. The predicted molar refractivity (Wildman–Crippen MR) is 84.5 cm³/mol. The minimum absolute atomic E-state index is 0.0387. The molecule has 2 heterocycles. The monoisotopic (exact) mass is 344 g/mol. The van der Waals surface area contributed by atoms with Gasteiger partial charge in [-0.25, -0.2) is 0 Å². The zero-order chi connectivity index (χ0) is 17.0. The zero-order valence-electron chi connectivity index (χ0n) is 13.5. The van der Waals surface area contributed by atoms with Crippen molar-refractivity contribution in [3.05, 3.63) is 24.3 Å². The molecule has 1 fully saturated rings. The third-order valence-corrected chi connectivity index (χ3v) is 4.50. The van der Waals surface area contributed by atoms with Crippen LogP contribution in [-0.2, 0) is 0 Å². The number of nitrogens with one attached hydrogen (secondary N) is 1. The molecule has 1 saturated heterocycles. The van der Waals surface area contributed by atoms with Crippen molar-refractivity contribution >= 4 is 0 Å². The first-order valence-electron chi connectivity index (χ1n) is 8.40. The van der Waals surface area contributed by atoms with E-state index in [1.54, 1.807) is 0 Å². The number of halogens is 3. The lowest BCUT2D eigenvalue weighted by Gasteiger charge is -2.34. The van der Waals surface area contributed by atoms with E-state index in [0.717, 1.165) is 24.3 Å². The summed E-state index contributed by atoms with van der Waals surface area (Å²) in [6.45, 7) is 2.71. The van der Waals surface area contributed by atoms with E-state index in [-0.39, 0.29) is 12.6 Å². The molecule has 2 aliphatic rings. The maximum Gasteiger partial charge on any atom is 0.390 e. The van der Waals surface area contributed by atoms with E-state index < -0.39 is 12.6 Å². The molecule has 24 heavy (non-hydrogen) atoms. The number of fused-ring (bicyclic) bond motifs is 1. The van der Waals surface area contributed by atoms with E-state index in [4.69, 9.17) is 9.47 Å². The Labute approximate surface area is 139 Å². The van der Waals surface area contributed by atoms with Gasteiger partial charge in [-0.2, -0.15) is 13.2 Å². The molecule has 0 spiro atoms. The van der Waals surface area contributed by atoms with E-state index in [0.29, 0.717) is 32.3 Å². The van der Waals surface area contributed by atoms with Gasteiger partial charge in [0.15, 0.2) is 11.5 Å². The summed E-state index contributed by atoms with van der Waals surface area (Å²) in [6, 6.07) is 7.92. The molecule has 0 saturated carbocycles. The van der Waals surface area contributed by atoms with Crippen LogP contribution in [0.4, 0.5) is 13.2 Å². The standard InChI is InChI=1S/C17H23F3N2O2/c18-17(19,20)7-10-22-8-5-13(6-9-22)21-11-14-12-23-15-3-1-2-4-16(15)24-14/h1-4,13-14,21H,5-12H2. The van der Waals surface area contributed by atoms with Crippen molar-refractivity contribution in [2.75, 3.05) is 32.8 Å². The number of ether oxygens (including phenoxy) is 2. The van der Waals surface area contributed by atoms with Crippen LogP contribution in [0.2, 0.25) is 0 Å². The van der Waals surface area contributed by atoms with Gasteiger partial charge in [0.25, 0.3) is 0 Å². The molecular formula is C17H23F3N2O2. The van der Waals surface area contributed by atoms with Crippen LogP contribution in [0.15, 0.2) is 24.3 Å². The molecule has 0 bridgehead atoms. The van der Waals surface area contributed by atoms with Crippen molar-refractivity contribution in [3.8, 4) is 11.5 Å². The first-order valence-corrected chi connectivity index (χ1v) is 8.40. The number of benzene rings is 1. The van der Waals surface area contributed by atoms with Crippen molar-refractivity contribution in [2.45, 2.75) is 37.6 Å². The van der Waals surface area contributed by atoms with Crippen LogP contribution in [0.5, 0.6) is 11.5 Å². The van der Waals surface area contributed by atoms with Gasteiger partial charge in [0, 0.05) is 19.1 Å². The van der Waals surface area contributed by atoms with E-state index in [1.807, 2.05) is 29.2 Å². The minimum atomic E-state index is -4.07. The van der Waals surface area contributed by atoms with Gasteiger partial charge in [-0.3, -0.25) is 0 Å². The Morgan fingerprint density at radius 3 is 2.54 bits per heavy atom. The fraction of sp³-hybridized carbons (Fsp3) is 0.647. The SMILES string of the molecule is FC(F)(F)CCN1CCC(NCC2COc3ccccc3O2)CC1. The highest BCUT2D eigenvalue weighted by molar-refractivity contribution is 5.40. The summed E-state index contributed by atoms with van der Waals surface area (Å²) >= 11 is 0. The third-order valence-electron chi connectivity index (χ3n) is 4.50. The van der Waals surface area contributed by atoms with Crippen molar-refractivity contribution in [3.63, 3.8) is 0 Å². The third kappa shape index (κ3) is 5.01. The van der Waals surface area contributed by atoms with Gasteiger partial charge in [0.1, 0.15) is 12.7 Å². The average molecular weight is 344 g/mol. The summed E-state index contributed by atoms with van der Waals surface area (Å²) in [6.07, 6.45) is -3.10. The zero-order valence-corrected chi connectivity index (χ0v) is 13.5. The number of rotatable bonds is 5. The van der Waals surface area contributed by atoms with E-state index in [9.17, 15) is 13.2 Å². The first kappa shape index (κ1) is 17.4. The van der Waals surface area contributed by atoms with Crippen molar-refractivity contribution < 1.29 is 22.6 Å². The summed E-state index contributed by atoms with van der Waals surface area (Å²) < 4.78 is 48.3. The normalized spacial score (nSPS) is 22.5. The second kappa shape index (κ2) is 7.61. The van der Waals surface area contributed by atoms with Crippen molar-refractivity contribution in [1.82, 2.24) is 10.2 Å². The number of alkyl halides is 3. The van der Waals surface area contributed by atoms with Crippen LogP contribution in [0.1, 0.15) is 19.3 Å². The van der Waals surface area contributed by atoms with Crippen LogP contribution in [0.25, 0.3) is 0 Å². The van der Waals surface area contributed by atoms with Gasteiger partial charge >= 0.3 is 6.18 Å². The number of hydrogen-bond acceptors (Lipinski definition) is 4. The second-order valence-electron chi connectivity index (χ2n) is 6.39. The smallest absolute Gasteiger partial charge is 0.390 e. The molecule has 7 heteroatoms. The second-order valence-corrected chi connectivity index (χ2v) is 6.39. The number of nitrogens with zero attached hydrogens (tertiary/aromatic N) is 1. The lowest BCUT2D eigenvalue weighted by atomic mass is 10.0. The van der Waals surface area contributed by atoms with Gasteiger partial charge in [-0.15, -0.1) is 0 Å². The highest BCUT2D eigenvalue weighted by Crippen LogP contribution is 2.30. The van der Waals surface area contributed by atoms with E-state index >= 15 is 0 Å². The quantitative estimate of drug-likeness (QED) is 0.891. The molecule has 3 rings (SSSR count). The highest BCUT2D eigenvalue weighted by Gasteiger charge is 2.29. The van der Waals surface area contributed by atoms with Crippen LogP contribution in [-0.4, -0.2) is 56.0 Å². The van der Waals surface area contributed by atoms with E-state index in [1.165, 1.54) is 0 Å². The summed E-state index contributed by atoms with van der Waals surface area (Å²) in [5.74, 6) is 1.53. The van der Waals surface area contributed by atoms with Gasteiger partial charge in [0.05, 0.1) is 6.42 Å². The Hall–Kier alpha value is -1.47. The van der Waals surface area contributed by atoms with Gasteiger partial charge in [-0.05, 0) is 38.1 Å². The molecular weight excluding hydrogens is 321 g/mol. The Kier molecular flexibility index (Phi) is 5.50. The summed E-state index contributed by atoms with van der Waals surface area (Å²) in [7, 11) is 0. The molecule has 1 unspecified atom stereocenters. The maximum atomic E-state index is 12.3. The van der Waals surface area contributed by atoms with Crippen molar-refractivity contribution in [1.29, 1.82) is 0 Å². The lowest BCUT2D eigenvalue weighted by Crippen LogP contribution is -2.47. The molecule has 4 nitrogen and oxygen atoms in total. The molecule has 0 aliphatic carbocycles. The fourth-order valence-corrected chi connectivity index (χ4v) is 3.11. The van der Waals surface area contributed by atoms with Crippen molar-refractivity contribution in [2.24, 2.45) is 0 Å². The van der Waals surface area contributed by atoms with Gasteiger partial charge in [-0.1, -0.05) is 12.1 Å². The topological polar surface area (TPSA) is 33.7 Å². The molecule has 1 N–H and O–H groups in total. The Balaban J connectivity index is 1.36.